The second-order valence-electron chi connectivity index (χ2n) is 4.89. The summed E-state index contributed by atoms with van der Waals surface area (Å²) in [5.41, 5.74) is 1.96. The normalized spacial score (nSPS) is 10.5. The number of hydrogen-bond donors (Lipinski definition) is 2. The summed E-state index contributed by atoms with van der Waals surface area (Å²) in [7, 11) is 0. The largest absolute Gasteiger partial charge is 0.350 e. The predicted molar refractivity (Wildman–Crippen MR) is 82.4 cm³/mol. The van der Waals surface area contributed by atoms with Gasteiger partial charge >= 0.3 is 0 Å². The lowest BCUT2D eigenvalue weighted by atomic mass is 10.2. The number of carbonyl (C=O) groups is 1. The SMILES string of the molecule is Cc1cnc(C(=O)NCCc2nc(-c3ccncc3)n[nH]2)cn1. The Morgan fingerprint density at radius 2 is 2.04 bits per heavy atom. The van der Waals surface area contributed by atoms with Crippen LogP contribution in [0, 0.1) is 6.92 Å². The van der Waals surface area contributed by atoms with E-state index in [-0.39, 0.29) is 5.91 Å². The number of rotatable bonds is 5. The number of amides is 1. The second kappa shape index (κ2) is 6.73. The lowest BCUT2D eigenvalue weighted by molar-refractivity contribution is 0.0948. The number of nitrogens with one attached hydrogen (secondary N) is 2. The molecule has 3 aromatic heterocycles. The van der Waals surface area contributed by atoms with Crippen LogP contribution in [0.2, 0.25) is 0 Å². The highest BCUT2D eigenvalue weighted by Gasteiger charge is 2.09. The summed E-state index contributed by atoms with van der Waals surface area (Å²) in [6.45, 7) is 2.25. The molecule has 8 heteroatoms. The van der Waals surface area contributed by atoms with Crippen molar-refractivity contribution < 1.29 is 4.79 Å². The van der Waals surface area contributed by atoms with Gasteiger partial charge in [0.05, 0.1) is 11.9 Å². The van der Waals surface area contributed by atoms with E-state index in [1.165, 1.54) is 6.20 Å². The summed E-state index contributed by atoms with van der Waals surface area (Å²) in [4.78, 5) is 28.3. The maximum absolute atomic E-state index is 11.9. The van der Waals surface area contributed by atoms with E-state index in [1.54, 1.807) is 18.6 Å². The lowest BCUT2D eigenvalue weighted by Crippen LogP contribution is -2.27. The average molecular weight is 309 g/mol. The molecule has 0 aromatic carbocycles. The van der Waals surface area contributed by atoms with Crippen LogP contribution in [-0.4, -0.2) is 42.6 Å². The molecule has 0 aliphatic carbocycles. The highest BCUT2D eigenvalue weighted by molar-refractivity contribution is 5.91. The number of H-pyrrole nitrogens is 1. The lowest BCUT2D eigenvalue weighted by Gasteiger charge is -2.02. The van der Waals surface area contributed by atoms with Gasteiger partial charge in [0.1, 0.15) is 11.5 Å². The van der Waals surface area contributed by atoms with Gasteiger partial charge in [-0.05, 0) is 19.1 Å². The van der Waals surface area contributed by atoms with Gasteiger partial charge in [0.25, 0.3) is 5.91 Å². The minimum absolute atomic E-state index is 0.258. The molecular formula is C15H15N7O. The number of nitrogens with zero attached hydrogens (tertiary/aromatic N) is 5. The van der Waals surface area contributed by atoms with Crippen LogP contribution in [0.3, 0.4) is 0 Å². The fourth-order valence-corrected chi connectivity index (χ4v) is 1.93. The smallest absolute Gasteiger partial charge is 0.271 e. The number of hydrogen-bond acceptors (Lipinski definition) is 6. The highest BCUT2D eigenvalue weighted by Crippen LogP contribution is 2.12. The molecule has 0 unspecified atom stereocenters. The fraction of sp³-hybridized carbons (Fsp3) is 0.200. The van der Waals surface area contributed by atoms with Gasteiger partial charge in [0, 0.05) is 37.1 Å². The second-order valence-corrected chi connectivity index (χ2v) is 4.89. The molecule has 0 spiro atoms. The number of aromatic amines is 1. The minimum Gasteiger partial charge on any atom is -0.350 e. The molecule has 116 valence electrons. The first kappa shape index (κ1) is 14.8. The van der Waals surface area contributed by atoms with E-state index in [2.05, 4.69) is 35.5 Å². The molecule has 0 saturated heterocycles. The van der Waals surface area contributed by atoms with Gasteiger partial charge < -0.3 is 5.32 Å². The Hall–Kier alpha value is -3.16. The van der Waals surface area contributed by atoms with Gasteiger partial charge in [-0.3, -0.25) is 19.9 Å². The summed E-state index contributed by atoms with van der Waals surface area (Å²) in [6.07, 6.45) is 6.94. The van der Waals surface area contributed by atoms with Crippen molar-refractivity contribution in [3.8, 4) is 11.4 Å². The predicted octanol–water partition coefficient (Wildman–Crippen LogP) is 0.938. The molecule has 0 aliphatic rings. The summed E-state index contributed by atoms with van der Waals surface area (Å²) >= 11 is 0. The van der Waals surface area contributed by atoms with Crippen molar-refractivity contribution in [3.63, 3.8) is 0 Å². The van der Waals surface area contributed by atoms with Crippen molar-refractivity contribution in [2.24, 2.45) is 0 Å². The van der Waals surface area contributed by atoms with E-state index in [9.17, 15) is 4.79 Å². The van der Waals surface area contributed by atoms with E-state index < -0.39 is 0 Å². The molecule has 2 N–H and O–H groups in total. The zero-order chi connectivity index (χ0) is 16.1. The molecule has 0 atom stereocenters. The van der Waals surface area contributed by atoms with Crippen LogP contribution in [0.5, 0.6) is 0 Å². The fourth-order valence-electron chi connectivity index (χ4n) is 1.93. The van der Waals surface area contributed by atoms with E-state index in [0.29, 0.717) is 30.3 Å². The number of aryl methyl sites for hydroxylation is 1. The van der Waals surface area contributed by atoms with Gasteiger partial charge in [0.2, 0.25) is 0 Å². The Labute approximate surface area is 132 Å². The van der Waals surface area contributed by atoms with Crippen molar-refractivity contribution in [2.45, 2.75) is 13.3 Å². The Kier molecular flexibility index (Phi) is 4.32. The first-order valence-corrected chi connectivity index (χ1v) is 7.11. The van der Waals surface area contributed by atoms with Crippen LogP contribution in [0.25, 0.3) is 11.4 Å². The van der Waals surface area contributed by atoms with Gasteiger partial charge in [-0.2, -0.15) is 5.10 Å². The quantitative estimate of drug-likeness (QED) is 0.726. The average Bonchev–Trinajstić information content (AvgIpc) is 3.05. The maximum Gasteiger partial charge on any atom is 0.271 e. The molecule has 0 saturated carbocycles. The molecule has 23 heavy (non-hydrogen) atoms. The van der Waals surface area contributed by atoms with Crippen LogP contribution >= 0.6 is 0 Å². The number of pyridine rings is 1. The Morgan fingerprint density at radius 3 is 2.78 bits per heavy atom. The molecule has 3 heterocycles. The number of carbonyl (C=O) groups excluding carboxylic acids is 1. The molecule has 0 radical (unpaired) electrons. The maximum atomic E-state index is 11.9. The van der Waals surface area contributed by atoms with Gasteiger partial charge in [-0.15, -0.1) is 0 Å². The van der Waals surface area contributed by atoms with E-state index >= 15 is 0 Å². The minimum atomic E-state index is -0.258. The molecule has 8 nitrogen and oxygen atoms in total. The molecular weight excluding hydrogens is 294 g/mol. The molecule has 0 bridgehead atoms. The third-order valence-electron chi connectivity index (χ3n) is 3.13. The summed E-state index contributed by atoms with van der Waals surface area (Å²) in [6, 6.07) is 3.68. The third-order valence-corrected chi connectivity index (χ3v) is 3.13. The molecule has 0 aliphatic heterocycles. The summed E-state index contributed by atoms with van der Waals surface area (Å²) in [5.74, 6) is 1.05. The Morgan fingerprint density at radius 1 is 1.22 bits per heavy atom. The molecule has 3 aromatic rings. The van der Waals surface area contributed by atoms with Crippen LogP contribution < -0.4 is 5.32 Å². The van der Waals surface area contributed by atoms with E-state index in [1.807, 2.05) is 19.1 Å². The highest BCUT2D eigenvalue weighted by atomic mass is 16.1. The summed E-state index contributed by atoms with van der Waals surface area (Å²) in [5, 5.41) is 9.79. The van der Waals surface area contributed by atoms with Crippen molar-refractivity contribution in [3.05, 3.63) is 54.1 Å². The van der Waals surface area contributed by atoms with Crippen molar-refractivity contribution in [1.82, 2.24) is 35.5 Å². The number of aromatic nitrogens is 6. The summed E-state index contributed by atoms with van der Waals surface area (Å²) < 4.78 is 0. The van der Waals surface area contributed by atoms with Crippen LogP contribution in [-0.2, 0) is 6.42 Å². The van der Waals surface area contributed by atoms with Crippen LogP contribution in [0.4, 0.5) is 0 Å². The Bertz CT molecular complexity index is 783. The van der Waals surface area contributed by atoms with Crippen molar-refractivity contribution >= 4 is 5.91 Å². The van der Waals surface area contributed by atoms with Crippen molar-refractivity contribution in [2.75, 3.05) is 6.54 Å². The molecule has 3 rings (SSSR count). The zero-order valence-corrected chi connectivity index (χ0v) is 12.5. The van der Waals surface area contributed by atoms with Crippen molar-refractivity contribution in [1.29, 1.82) is 0 Å². The zero-order valence-electron chi connectivity index (χ0n) is 12.5. The topological polar surface area (TPSA) is 109 Å². The van der Waals surface area contributed by atoms with Crippen LogP contribution in [0.1, 0.15) is 22.0 Å². The Balaban J connectivity index is 1.54. The molecule has 0 fully saturated rings. The van der Waals surface area contributed by atoms with Gasteiger partial charge in [0.15, 0.2) is 5.82 Å². The monoisotopic (exact) mass is 309 g/mol. The van der Waals surface area contributed by atoms with Crippen LogP contribution in [0.15, 0.2) is 36.9 Å². The standard InChI is InChI=1S/C15H15N7O/c1-10-8-19-12(9-18-10)15(23)17-7-4-13-20-14(22-21-13)11-2-5-16-6-3-11/h2-3,5-6,8-9H,4,7H2,1H3,(H,17,23)(H,20,21,22). The first-order chi connectivity index (χ1) is 11.2. The van der Waals surface area contributed by atoms with Gasteiger partial charge in [-0.25, -0.2) is 9.97 Å². The van der Waals surface area contributed by atoms with E-state index in [4.69, 9.17) is 0 Å². The van der Waals surface area contributed by atoms with E-state index in [0.717, 1.165) is 11.3 Å². The van der Waals surface area contributed by atoms with Gasteiger partial charge in [-0.1, -0.05) is 0 Å². The third kappa shape index (κ3) is 3.73. The molecule has 1 amide bonds. The first-order valence-electron chi connectivity index (χ1n) is 7.11.